The first-order valence-corrected chi connectivity index (χ1v) is 9.66. The standard InChI is InChI=1S/C16H28N2O4.C2HF3O2/c1-20-7-4-17-5-8-21-13-16(11-17)12-18(6-9-22-16)15(19)10-14-2-3-14;3-2(4,5)1(6)7/h14H,2-13H2,1H3;(H,6,7). The molecule has 2 saturated heterocycles. The van der Waals surface area contributed by atoms with Gasteiger partial charge in [-0.05, 0) is 18.8 Å². The van der Waals surface area contributed by atoms with E-state index in [4.69, 9.17) is 24.1 Å². The molecule has 3 fully saturated rings. The SMILES string of the molecule is COCCN1CCOCC2(C1)CN(C(=O)CC1CC1)CCO2.O=C(O)C(F)(F)F. The Morgan fingerprint density at radius 2 is 1.90 bits per heavy atom. The zero-order valence-electron chi connectivity index (χ0n) is 16.6. The molecule has 1 unspecified atom stereocenters. The molecule has 11 heteroatoms. The summed E-state index contributed by atoms with van der Waals surface area (Å²) in [6, 6.07) is 0. The molecule has 2 heterocycles. The van der Waals surface area contributed by atoms with Gasteiger partial charge < -0.3 is 24.2 Å². The number of carboxylic acid groups (broad SMARTS) is 1. The van der Waals surface area contributed by atoms with Crippen molar-refractivity contribution in [1.82, 2.24) is 9.80 Å². The number of carbonyl (C=O) groups is 2. The number of carbonyl (C=O) groups excluding carboxylic acids is 1. The van der Waals surface area contributed by atoms with Crippen LogP contribution in [-0.4, -0.2) is 105 Å². The van der Waals surface area contributed by atoms with Crippen LogP contribution >= 0.6 is 0 Å². The number of aliphatic carboxylic acids is 1. The molecule has 2 aliphatic heterocycles. The van der Waals surface area contributed by atoms with Crippen molar-refractivity contribution in [2.45, 2.75) is 31.0 Å². The average Bonchev–Trinajstić information content (AvgIpc) is 3.48. The van der Waals surface area contributed by atoms with E-state index in [0.717, 1.165) is 19.6 Å². The number of halogens is 3. The third-order valence-corrected chi connectivity index (χ3v) is 5.04. The molecule has 0 aromatic heterocycles. The summed E-state index contributed by atoms with van der Waals surface area (Å²) in [6.07, 6.45) is -1.94. The van der Waals surface area contributed by atoms with Crippen molar-refractivity contribution in [1.29, 1.82) is 0 Å². The Balaban J connectivity index is 0.000000370. The average molecular weight is 426 g/mol. The summed E-state index contributed by atoms with van der Waals surface area (Å²) >= 11 is 0. The topological polar surface area (TPSA) is 88.5 Å². The second kappa shape index (κ2) is 10.6. The van der Waals surface area contributed by atoms with Crippen LogP contribution in [0.25, 0.3) is 0 Å². The molecule has 1 spiro atoms. The highest BCUT2D eigenvalue weighted by atomic mass is 19.4. The zero-order valence-corrected chi connectivity index (χ0v) is 16.6. The molecule has 3 aliphatic rings. The van der Waals surface area contributed by atoms with Gasteiger partial charge in [0.2, 0.25) is 5.91 Å². The van der Waals surface area contributed by atoms with E-state index < -0.39 is 12.1 Å². The van der Waals surface area contributed by atoms with E-state index in [9.17, 15) is 18.0 Å². The lowest BCUT2D eigenvalue weighted by atomic mass is 10.0. The van der Waals surface area contributed by atoms with Crippen LogP contribution in [0.3, 0.4) is 0 Å². The van der Waals surface area contributed by atoms with Crippen molar-refractivity contribution in [3.05, 3.63) is 0 Å². The summed E-state index contributed by atoms with van der Waals surface area (Å²) in [5.74, 6) is -1.83. The number of carboxylic acids is 1. The van der Waals surface area contributed by atoms with E-state index in [0.29, 0.717) is 51.9 Å². The van der Waals surface area contributed by atoms with Gasteiger partial charge in [0, 0.05) is 39.7 Å². The normalized spacial score (nSPS) is 25.9. The second-order valence-electron chi connectivity index (χ2n) is 7.62. The number of morpholine rings is 1. The molecule has 1 saturated carbocycles. The van der Waals surface area contributed by atoms with Gasteiger partial charge in [-0.2, -0.15) is 13.2 Å². The molecule has 8 nitrogen and oxygen atoms in total. The summed E-state index contributed by atoms with van der Waals surface area (Å²) in [5.41, 5.74) is -0.373. The number of alkyl halides is 3. The number of hydrogen-bond acceptors (Lipinski definition) is 6. The van der Waals surface area contributed by atoms with Crippen molar-refractivity contribution in [3.8, 4) is 0 Å². The van der Waals surface area contributed by atoms with Gasteiger partial charge in [-0.25, -0.2) is 4.79 Å². The molecule has 0 aromatic rings. The number of hydrogen-bond donors (Lipinski definition) is 1. The van der Waals surface area contributed by atoms with Gasteiger partial charge in [0.25, 0.3) is 0 Å². The molecular weight excluding hydrogens is 397 g/mol. The van der Waals surface area contributed by atoms with Gasteiger partial charge >= 0.3 is 12.1 Å². The minimum Gasteiger partial charge on any atom is -0.475 e. The van der Waals surface area contributed by atoms with E-state index in [2.05, 4.69) is 4.90 Å². The van der Waals surface area contributed by atoms with Crippen molar-refractivity contribution >= 4 is 11.9 Å². The second-order valence-corrected chi connectivity index (χ2v) is 7.62. The van der Waals surface area contributed by atoms with Gasteiger partial charge in [0.05, 0.1) is 33.0 Å². The molecule has 3 rings (SSSR count). The Morgan fingerprint density at radius 3 is 2.48 bits per heavy atom. The third-order valence-electron chi connectivity index (χ3n) is 5.04. The number of ether oxygens (including phenoxy) is 3. The van der Waals surface area contributed by atoms with Crippen LogP contribution in [0.5, 0.6) is 0 Å². The van der Waals surface area contributed by atoms with Crippen molar-refractivity contribution in [3.63, 3.8) is 0 Å². The lowest BCUT2D eigenvalue weighted by molar-refractivity contribution is -0.192. The molecule has 29 heavy (non-hydrogen) atoms. The zero-order chi connectivity index (χ0) is 21.5. The van der Waals surface area contributed by atoms with Crippen LogP contribution in [0, 0.1) is 5.92 Å². The predicted octanol–water partition coefficient (Wildman–Crippen LogP) is 0.996. The summed E-state index contributed by atoms with van der Waals surface area (Å²) in [5, 5.41) is 7.12. The quantitative estimate of drug-likeness (QED) is 0.702. The van der Waals surface area contributed by atoms with Gasteiger partial charge in [-0.1, -0.05) is 0 Å². The molecule has 0 aromatic carbocycles. The van der Waals surface area contributed by atoms with Crippen LogP contribution < -0.4 is 0 Å². The van der Waals surface area contributed by atoms with Gasteiger partial charge in [-0.3, -0.25) is 9.69 Å². The lowest BCUT2D eigenvalue weighted by Gasteiger charge is -2.43. The highest BCUT2D eigenvalue weighted by molar-refractivity contribution is 5.77. The minimum atomic E-state index is -5.08. The highest BCUT2D eigenvalue weighted by Gasteiger charge is 2.42. The molecule has 0 radical (unpaired) electrons. The molecule has 1 atom stereocenters. The molecule has 168 valence electrons. The van der Waals surface area contributed by atoms with Crippen molar-refractivity contribution in [2.24, 2.45) is 5.92 Å². The Morgan fingerprint density at radius 1 is 1.21 bits per heavy atom. The number of methoxy groups -OCH3 is 1. The largest absolute Gasteiger partial charge is 0.490 e. The van der Waals surface area contributed by atoms with Gasteiger partial charge in [-0.15, -0.1) is 0 Å². The lowest BCUT2D eigenvalue weighted by Crippen LogP contribution is -2.60. The Kier molecular flexibility index (Phi) is 8.68. The molecular formula is C18H29F3N2O6. The predicted molar refractivity (Wildman–Crippen MR) is 95.4 cm³/mol. The fourth-order valence-corrected chi connectivity index (χ4v) is 3.33. The summed E-state index contributed by atoms with van der Waals surface area (Å²) in [6.45, 7) is 6.55. The minimum absolute atomic E-state index is 0.290. The van der Waals surface area contributed by atoms with Crippen LogP contribution in [0.15, 0.2) is 0 Å². The Hall–Kier alpha value is -1.43. The fraction of sp³-hybridized carbons (Fsp3) is 0.889. The first-order valence-electron chi connectivity index (χ1n) is 9.66. The van der Waals surface area contributed by atoms with Gasteiger partial charge in [0.1, 0.15) is 5.60 Å². The Bertz CT molecular complexity index is 558. The third kappa shape index (κ3) is 8.07. The van der Waals surface area contributed by atoms with Crippen LogP contribution in [-0.2, 0) is 23.8 Å². The van der Waals surface area contributed by atoms with Crippen molar-refractivity contribution < 1.29 is 42.1 Å². The van der Waals surface area contributed by atoms with Crippen LogP contribution in [0.1, 0.15) is 19.3 Å². The maximum Gasteiger partial charge on any atom is 0.490 e. The van der Waals surface area contributed by atoms with Gasteiger partial charge in [0.15, 0.2) is 0 Å². The maximum atomic E-state index is 12.4. The summed E-state index contributed by atoms with van der Waals surface area (Å²) < 4.78 is 48.8. The van der Waals surface area contributed by atoms with E-state index in [1.165, 1.54) is 12.8 Å². The smallest absolute Gasteiger partial charge is 0.475 e. The maximum absolute atomic E-state index is 12.4. The van der Waals surface area contributed by atoms with E-state index in [1.54, 1.807) is 7.11 Å². The van der Waals surface area contributed by atoms with Crippen molar-refractivity contribution in [2.75, 3.05) is 66.3 Å². The molecule has 1 aliphatic carbocycles. The highest BCUT2D eigenvalue weighted by Crippen LogP contribution is 2.33. The monoisotopic (exact) mass is 426 g/mol. The van der Waals surface area contributed by atoms with E-state index >= 15 is 0 Å². The summed E-state index contributed by atoms with van der Waals surface area (Å²) in [7, 11) is 1.72. The fourth-order valence-electron chi connectivity index (χ4n) is 3.33. The van der Waals surface area contributed by atoms with E-state index in [1.807, 2.05) is 4.90 Å². The van der Waals surface area contributed by atoms with Crippen LogP contribution in [0.2, 0.25) is 0 Å². The molecule has 1 N–H and O–H groups in total. The Labute approximate surface area is 167 Å². The number of amides is 1. The summed E-state index contributed by atoms with van der Waals surface area (Å²) in [4.78, 5) is 25.6. The number of rotatable bonds is 5. The first kappa shape index (κ1) is 23.8. The van der Waals surface area contributed by atoms with E-state index in [-0.39, 0.29) is 11.5 Å². The first-order chi connectivity index (χ1) is 13.6. The number of nitrogens with zero attached hydrogens (tertiary/aromatic N) is 2. The van der Waals surface area contributed by atoms with Crippen LogP contribution in [0.4, 0.5) is 13.2 Å². The molecule has 1 amide bonds. The molecule has 0 bridgehead atoms.